The zero-order chi connectivity index (χ0) is 10.8. The highest BCUT2D eigenvalue weighted by atomic mass is 79.9. The van der Waals surface area contributed by atoms with Gasteiger partial charge in [0.25, 0.3) is 0 Å². The largest absolute Gasteiger partial charge is 0.295 e. The van der Waals surface area contributed by atoms with Gasteiger partial charge in [-0.15, -0.1) is 11.3 Å². The number of thiophene rings is 1. The Labute approximate surface area is 112 Å². The second-order valence-electron chi connectivity index (χ2n) is 4.15. The van der Waals surface area contributed by atoms with E-state index in [1.54, 1.807) is 0 Å². The quantitative estimate of drug-likeness (QED) is 0.739. The predicted molar refractivity (Wildman–Crippen MR) is 73.8 cm³/mol. The average molecular weight is 353 g/mol. The number of halogens is 2. The van der Waals surface area contributed by atoms with E-state index < -0.39 is 0 Å². The highest BCUT2D eigenvalue weighted by Gasteiger charge is 2.29. The van der Waals surface area contributed by atoms with Crippen molar-refractivity contribution >= 4 is 43.2 Å². The van der Waals surface area contributed by atoms with Gasteiger partial charge in [-0.3, -0.25) is 4.90 Å². The Morgan fingerprint density at radius 1 is 1.60 bits per heavy atom. The Kier molecular flexibility index (Phi) is 4.27. The molecule has 84 valence electrons. The maximum atomic E-state index is 3.60. The van der Waals surface area contributed by atoms with Crippen molar-refractivity contribution in [2.75, 3.05) is 11.9 Å². The molecule has 15 heavy (non-hydrogen) atoms. The second-order valence-corrected chi connectivity index (χ2v) is 6.70. The summed E-state index contributed by atoms with van der Waals surface area (Å²) in [6.07, 6.45) is 1.33. The van der Waals surface area contributed by atoms with Crippen LogP contribution in [0.25, 0.3) is 0 Å². The highest BCUT2D eigenvalue weighted by molar-refractivity contribution is 9.10. The molecule has 0 aliphatic carbocycles. The van der Waals surface area contributed by atoms with Crippen LogP contribution in [0.5, 0.6) is 0 Å². The first-order chi connectivity index (χ1) is 7.20. The molecule has 2 atom stereocenters. The van der Waals surface area contributed by atoms with Crippen LogP contribution in [0.3, 0.4) is 0 Å². The minimum Gasteiger partial charge on any atom is -0.295 e. The van der Waals surface area contributed by atoms with E-state index in [0.717, 1.165) is 17.8 Å². The predicted octanol–water partition coefficient (Wildman–Crippen LogP) is 4.12. The lowest BCUT2D eigenvalue weighted by Gasteiger charge is -2.23. The number of alkyl halides is 1. The Balaban J connectivity index is 1.96. The number of hydrogen-bond donors (Lipinski definition) is 0. The molecule has 0 bridgehead atoms. The van der Waals surface area contributed by atoms with Crippen LogP contribution < -0.4 is 0 Å². The van der Waals surface area contributed by atoms with Crippen LogP contribution in [0.15, 0.2) is 15.9 Å². The zero-order valence-electron chi connectivity index (χ0n) is 8.75. The van der Waals surface area contributed by atoms with E-state index in [9.17, 15) is 0 Å². The molecular formula is C11H15Br2NS. The van der Waals surface area contributed by atoms with Gasteiger partial charge in [-0.2, -0.15) is 0 Å². The standard InChI is InChI=1S/C11H15Br2NS/c1-8-9(5-12)2-3-14(8)6-11-4-10(13)7-15-11/h4,7-9H,2-3,5-6H2,1H3. The SMILES string of the molecule is CC1C(CBr)CCN1Cc1cc(Br)cs1. The van der Waals surface area contributed by atoms with Crippen LogP contribution in [0, 0.1) is 5.92 Å². The molecule has 0 radical (unpaired) electrons. The monoisotopic (exact) mass is 351 g/mol. The van der Waals surface area contributed by atoms with Gasteiger partial charge in [0.15, 0.2) is 0 Å². The van der Waals surface area contributed by atoms with Crippen molar-refractivity contribution in [3.63, 3.8) is 0 Å². The summed E-state index contributed by atoms with van der Waals surface area (Å²) in [4.78, 5) is 4.05. The topological polar surface area (TPSA) is 3.24 Å². The van der Waals surface area contributed by atoms with Crippen LogP contribution in [0.4, 0.5) is 0 Å². The smallest absolute Gasteiger partial charge is 0.0331 e. The molecule has 0 N–H and O–H groups in total. The summed E-state index contributed by atoms with van der Waals surface area (Å²) in [5.74, 6) is 0.827. The molecule has 2 rings (SSSR count). The molecule has 1 fully saturated rings. The summed E-state index contributed by atoms with van der Waals surface area (Å²) in [5.41, 5.74) is 0. The normalized spacial score (nSPS) is 27.4. The van der Waals surface area contributed by atoms with E-state index in [1.807, 2.05) is 11.3 Å². The summed E-state index contributed by atoms with van der Waals surface area (Å²) >= 11 is 8.96. The van der Waals surface area contributed by atoms with Gasteiger partial charge in [-0.05, 0) is 47.8 Å². The minimum absolute atomic E-state index is 0.713. The summed E-state index contributed by atoms with van der Waals surface area (Å²) in [6, 6.07) is 2.95. The number of likely N-dealkylation sites (tertiary alicyclic amines) is 1. The maximum Gasteiger partial charge on any atom is 0.0331 e. The molecular weight excluding hydrogens is 338 g/mol. The Morgan fingerprint density at radius 3 is 2.93 bits per heavy atom. The highest BCUT2D eigenvalue weighted by Crippen LogP contribution is 2.29. The number of nitrogens with zero attached hydrogens (tertiary/aromatic N) is 1. The summed E-state index contributed by atoms with van der Waals surface area (Å²) < 4.78 is 1.21. The molecule has 1 aromatic rings. The first kappa shape index (κ1) is 12.1. The molecule has 1 nitrogen and oxygen atoms in total. The average Bonchev–Trinajstić information content (AvgIpc) is 2.76. The molecule has 1 saturated heterocycles. The van der Waals surface area contributed by atoms with Gasteiger partial charge in [-0.1, -0.05) is 15.9 Å². The molecule has 2 unspecified atom stereocenters. The number of rotatable bonds is 3. The molecule has 1 aromatic heterocycles. The lowest BCUT2D eigenvalue weighted by Crippen LogP contribution is -2.29. The van der Waals surface area contributed by atoms with Crippen molar-refractivity contribution in [2.45, 2.75) is 25.9 Å². The third-order valence-electron chi connectivity index (χ3n) is 3.22. The van der Waals surface area contributed by atoms with Gasteiger partial charge in [-0.25, -0.2) is 0 Å². The van der Waals surface area contributed by atoms with E-state index in [0.29, 0.717) is 6.04 Å². The van der Waals surface area contributed by atoms with Gasteiger partial charge in [0.05, 0.1) is 0 Å². The van der Waals surface area contributed by atoms with Crippen LogP contribution in [0.1, 0.15) is 18.2 Å². The summed E-state index contributed by atoms with van der Waals surface area (Å²) in [5, 5.41) is 3.30. The second kappa shape index (κ2) is 5.30. The van der Waals surface area contributed by atoms with Gasteiger partial charge in [0.2, 0.25) is 0 Å². The molecule has 1 aliphatic heterocycles. The van der Waals surface area contributed by atoms with Crippen LogP contribution in [0.2, 0.25) is 0 Å². The third kappa shape index (κ3) is 2.84. The fraction of sp³-hybridized carbons (Fsp3) is 0.636. The van der Waals surface area contributed by atoms with Gasteiger partial charge in [0.1, 0.15) is 0 Å². The van der Waals surface area contributed by atoms with E-state index in [1.165, 1.54) is 22.3 Å². The Hall–Kier alpha value is 0.620. The minimum atomic E-state index is 0.713. The molecule has 0 spiro atoms. The van der Waals surface area contributed by atoms with Gasteiger partial charge < -0.3 is 0 Å². The Morgan fingerprint density at radius 2 is 2.40 bits per heavy atom. The van der Waals surface area contributed by atoms with Crippen molar-refractivity contribution in [1.82, 2.24) is 4.90 Å². The van der Waals surface area contributed by atoms with Crippen molar-refractivity contribution in [3.05, 3.63) is 20.8 Å². The fourth-order valence-corrected chi connectivity index (χ4v) is 4.48. The first-order valence-corrected chi connectivity index (χ1v) is 8.03. The van der Waals surface area contributed by atoms with E-state index in [-0.39, 0.29) is 0 Å². The van der Waals surface area contributed by atoms with Crippen LogP contribution in [-0.4, -0.2) is 22.8 Å². The van der Waals surface area contributed by atoms with E-state index in [2.05, 4.69) is 55.1 Å². The maximum absolute atomic E-state index is 3.60. The molecule has 4 heteroatoms. The van der Waals surface area contributed by atoms with E-state index >= 15 is 0 Å². The zero-order valence-corrected chi connectivity index (χ0v) is 12.7. The molecule has 0 saturated carbocycles. The van der Waals surface area contributed by atoms with Crippen LogP contribution >= 0.6 is 43.2 Å². The van der Waals surface area contributed by atoms with Crippen molar-refractivity contribution in [2.24, 2.45) is 5.92 Å². The molecule has 0 amide bonds. The summed E-state index contributed by atoms with van der Waals surface area (Å²) in [7, 11) is 0. The molecule has 0 aromatic carbocycles. The summed E-state index contributed by atoms with van der Waals surface area (Å²) in [6.45, 7) is 4.70. The van der Waals surface area contributed by atoms with Gasteiger partial charge in [0, 0.05) is 32.6 Å². The third-order valence-corrected chi connectivity index (χ3v) is 5.74. The fourth-order valence-electron chi connectivity index (χ4n) is 2.14. The molecule has 1 aliphatic rings. The lowest BCUT2D eigenvalue weighted by molar-refractivity contribution is 0.243. The first-order valence-electron chi connectivity index (χ1n) is 5.23. The van der Waals surface area contributed by atoms with Crippen molar-refractivity contribution in [1.29, 1.82) is 0 Å². The van der Waals surface area contributed by atoms with Crippen LogP contribution in [-0.2, 0) is 6.54 Å². The van der Waals surface area contributed by atoms with Crippen molar-refractivity contribution < 1.29 is 0 Å². The van der Waals surface area contributed by atoms with E-state index in [4.69, 9.17) is 0 Å². The molecule has 2 heterocycles. The lowest BCUT2D eigenvalue weighted by atomic mass is 10.1. The number of hydrogen-bond acceptors (Lipinski definition) is 2. The van der Waals surface area contributed by atoms with Gasteiger partial charge >= 0.3 is 0 Å². The Bertz CT molecular complexity index is 326. The van der Waals surface area contributed by atoms with Crippen molar-refractivity contribution in [3.8, 4) is 0 Å².